The molecule has 8 nitrogen and oxygen atoms in total. The van der Waals surface area contributed by atoms with Crippen LogP contribution in [0.5, 0.6) is 0 Å². The molecule has 4 rings (SSSR count). The van der Waals surface area contributed by atoms with E-state index in [0.717, 1.165) is 6.42 Å². The van der Waals surface area contributed by atoms with Crippen LogP contribution in [0.2, 0.25) is 0 Å². The second-order valence-corrected chi connectivity index (χ2v) is 7.41. The van der Waals surface area contributed by atoms with Crippen LogP contribution in [0.25, 0.3) is 11.5 Å². The van der Waals surface area contributed by atoms with Crippen LogP contribution in [-0.2, 0) is 17.8 Å². The minimum Gasteiger partial charge on any atom is -0.468 e. The summed E-state index contributed by atoms with van der Waals surface area (Å²) in [6.07, 6.45) is 3.55. The molecular weight excluding hydrogens is 324 g/mol. The van der Waals surface area contributed by atoms with Gasteiger partial charge in [-0.05, 0) is 11.8 Å². The van der Waals surface area contributed by atoms with Gasteiger partial charge in [-0.2, -0.15) is 4.98 Å². The van der Waals surface area contributed by atoms with E-state index < -0.39 is 0 Å². The maximum absolute atomic E-state index is 12.5. The Hall–Kier alpha value is -2.64. The van der Waals surface area contributed by atoms with E-state index >= 15 is 0 Å². The maximum Gasteiger partial charge on any atom is 0.262 e. The number of carbonyl (C=O) groups is 2. The SMILES string of the molecule is CC1(C)CNC(=O)c2c(-c3nc(CN4CCCC4=O)no3)coc2C1. The van der Waals surface area contributed by atoms with Crippen molar-refractivity contribution in [3.05, 3.63) is 23.4 Å². The van der Waals surface area contributed by atoms with Gasteiger partial charge in [0.1, 0.15) is 12.0 Å². The highest BCUT2D eigenvalue weighted by molar-refractivity contribution is 6.01. The molecule has 0 saturated carbocycles. The van der Waals surface area contributed by atoms with Crippen LogP contribution in [0.3, 0.4) is 0 Å². The quantitative estimate of drug-likeness (QED) is 0.910. The summed E-state index contributed by atoms with van der Waals surface area (Å²) in [5, 5.41) is 6.86. The molecule has 1 fully saturated rings. The molecule has 1 N–H and O–H groups in total. The summed E-state index contributed by atoms with van der Waals surface area (Å²) < 4.78 is 11.0. The van der Waals surface area contributed by atoms with E-state index in [1.54, 1.807) is 4.90 Å². The molecule has 2 aromatic heterocycles. The third-order valence-corrected chi connectivity index (χ3v) is 4.66. The highest BCUT2D eigenvalue weighted by Crippen LogP contribution is 2.33. The molecular formula is C17H20N4O4. The molecule has 2 aromatic rings. The van der Waals surface area contributed by atoms with E-state index in [4.69, 9.17) is 8.94 Å². The normalized spacial score (nSPS) is 19.7. The van der Waals surface area contributed by atoms with Crippen LogP contribution in [0.1, 0.15) is 48.6 Å². The fourth-order valence-corrected chi connectivity index (χ4v) is 3.31. The lowest BCUT2D eigenvalue weighted by Gasteiger charge is -2.20. The summed E-state index contributed by atoms with van der Waals surface area (Å²) in [7, 11) is 0. The van der Waals surface area contributed by atoms with Crippen LogP contribution in [0.15, 0.2) is 15.2 Å². The van der Waals surface area contributed by atoms with E-state index in [2.05, 4.69) is 29.3 Å². The van der Waals surface area contributed by atoms with E-state index in [-0.39, 0.29) is 23.1 Å². The Morgan fingerprint density at radius 3 is 2.96 bits per heavy atom. The van der Waals surface area contributed by atoms with Gasteiger partial charge in [-0.25, -0.2) is 0 Å². The zero-order chi connectivity index (χ0) is 17.6. The Morgan fingerprint density at radius 1 is 1.36 bits per heavy atom. The number of carbonyl (C=O) groups excluding carboxylic acids is 2. The van der Waals surface area contributed by atoms with Crippen LogP contribution in [0, 0.1) is 5.41 Å². The fourth-order valence-electron chi connectivity index (χ4n) is 3.31. The largest absolute Gasteiger partial charge is 0.468 e. The Kier molecular flexibility index (Phi) is 3.63. The van der Waals surface area contributed by atoms with Crippen LogP contribution < -0.4 is 5.32 Å². The monoisotopic (exact) mass is 344 g/mol. The Bertz CT molecular complexity index is 836. The highest BCUT2D eigenvalue weighted by Gasteiger charge is 2.33. The van der Waals surface area contributed by atoms with Crippen molar-refractivity contribution < 1.29 is 18.5 Å². The van der Waals surface area contributed by atoms with Crippen molar-refractivity contribution in [2.45, 2.75) is 39.7 Å². The molecule has 2 aliphatic rings. The molecule has 2 amide bonds. The Balaban J connectivity index is 1.62. The number of likely N-dealkylation sites (tertiary alicyclic amines) is 1. The lowest BCUT2D eigenvalue weighted by molar-refractivity contribution is -0.128. The number of nitrogens with one attached hydrogen (secondary N) is 1. The first kappa shape index (κ1) is 15.9. The maximum atomic E-state index is 12.5. The van der Waals surface area contributed by atoms with Crippen molar-refractivity contribution in [2.75, 3.05) is 13.1 Å². The molecule has 0 unspecified atom stereocenters. The number of furan rings is 1. The molecule has 4 heterocycles. The highest BCUT2D eigenvalue weighted by atomic mass is 16.5. The molecule has 0 aromatic carbocycles. The molecule has 2 aliphatic heterocycles. The third-order valence-electron chi connectivity index (χ3n) is 4.66. The minimum absolute atomic E-state index is 0.0911. The zero-order valence-corrected chi connectivity index (χ0v) is 14.3. The summed E-state index contributed by atoms with van der Waals surface area (Å²) in [6.45, 7) is 5.75. The molecule has 0 spiro atoms. The predicted octanol–water partition coefficient (Wildman–Crippen LogP) is 1.76. The fraction of sp³-hybridized carbons (Fsp3) is 0.529. The molecule has 1 saturated heterocycles. The average molecular weight is 344 g/mol. The van der Waals surface area contributed by atoms with Gasteiger partial charge >= 0.3 is 0 Å². The summed E-state index contributed by atoms with van der Waals surface area (Å²) >= 11 is 0. The first-order valence-corrected chi connectivity index (χ1v) is 8.42. The van der Waals surface area contributed by atoms with Gasteiger partial charge in [-0.1, -0.05) is 19.0 Å². The first-order chi connectivity index (χ1) is 11.9. The van der Waals surface area contributed by atoms with Gasteiger partial charge < -0.3 is 19.2 Å². The summed E-state index contributed by atoms with van der Waals surface area (Å²) in [6, 6.07) is 0. The van der Waals surface area contributed by atoms with E-state index in [9.17, 15) is 9.59 Å². The van der Waals surface area contributed by atoms with Gasteiger partial charge in [0.25, 0.3) is 11.8 Å². The van der Waals surface area contributed by atoms with Crippen LogP contribution in [0.4, 0.5) is 0 Å². The van der Waals surface area contributed by atoms with E-state index in [1.165, 1.54) is 6.26 Å². The molecule has 0 bridgehead atoms. The number of fused-ring (bicyclic) bond motifs is 1. The first-order valence-electron chi connectivity index (χ1n) is 8.42. The molecule has 0 aliphatic carbocycles. The summed E-state index contributed by atoms with van der Waals surface area (Å²) in [4.78, 5) is 30.2. The average Bonchev–Trinajstić information content (AvgIpc) is 3.25. The topological polar surface area (TPSA) is 101 Å². The van der Waals surface area contributed by atoms with Crippen LogP contribution >= 0.6 is 0 Å². The van der Waals surface area contributed by atoms with Gasteiger partial charge in [0.2, 0.25) is 5.91 Å². The molecule has 0 radical (unpaired) electrons. The second-order valence-electron chi connectivity index (χ2n) is 7.41. The number of amides is 2. The molecule has 0 atom stereocenters. The van der Waals surface area contributed by atoms with Crippen LogP contribution in [-0.4, -0.2) is 39.9 Å². The van der Waals surface area contributed by atoms with Gasteiger partial charge in [0.05, 0.1) is 17.7 Å². The standard InChI is InChI=1S/C17H20N4O4/c1-17(2)6-11-14(15(23)18-9-17)10(8-24-11)16-19-12(20-25-16)7-21-5-3-4-13(21)22/h8H,3-7,9H2,1-2H3,(H,18,23). The lowest BCUT2D eigenvalue weighted by atomic mass is 9.88. The molecule has 8 heteroatoms. The van der Waals surface area contributed by atoms with Gasteiger partial charge in [0, 0.05) is 25.9 Å². The van der Waals surface area contributed by atoms with Crippen molar-refractivity contribution in [2.24, 2.45) is 5.41 Å². The van der Waals surface area contributed by atoms with E-state index in [0.29, 0.717) is 55.2 Å². The number of hydrogen-bond donors (Lipinski definition) is 1. The number of rotatable bonds is 3. The van der Waals surface area contributed by atoms with Gasteiger partial charge in [0.15, 0.2) is 5.82 Å². The Morgan fingerprint density at radius 2 is 2.20 bits per heavy atom. The van der Waals surface area contributed by atoms with Gasteiger partial charge in [-0.3, -0.25) is 9.59 Å². The van der Waals surface area contributed by atoms with Crippen molar-refractivity contribution in [3.63, 3.8) is 0 Å². The predicted molar refractivity (Wildman–Crippen MR) is 86.5 cm³/mol. The Labute approximate surface area is 144 Å². The second kappa shape index (κ2) is 5.72. The van der Waals surface area contributed by atoms with Crippen molar-refractivity contribution >= 4 is 11.8 Å². The van der Waals surface area contributed by atoms with E-state index in [1.807, 2.05) is 0 Å². The zero-order valence-electron chi connectivity index (χ0n) is 14.3. The summed E-state index contributed by atoms with van der Waals surface area (Å²) in [5.41, 5.74) is 0.862. The third kappa shape index (κ3) is 2.92. The number of aromatic nitrogens is 2. The molecule has 25 heavy (non-hydrogen) atoms. The lowest BCUT2D eigenvalue weighted by Crippen LogP contribution is -2.31. The smallest absolute Gasteiger partial charge is 0.262 e. The van der Waals surface area contributed by atoms with Gasteiger partial charge in [-0.15, -0.1) is 0 Å². The number of hydrogen-bond acceptors (Lipinski definition) is 6. The van der Waals surface area contributed by atoms with Crippen molar-refractivity contribution in [1.29, 1.82) is 0 Å². The van der Waals surface area contributed by atoms with Crippen molar-refractivity contribution in [1.82, 2.24) is 20.4 Å². The molecule has 132 valence electrons. The number of nitrogens with zero attached hydrogens (tertiary/aromatic N) is 3. The van der Waals surface area contributed by atoms with Crippen molar-refractivity contribution in [3.8, 4) is 11.5 Å². The minimum atomic E-state index is -0.196. The summed E-state index contributed by atoms with van der Waals surface area (Å²) in [5.74, 6) is 1.20.